The predicted molar refractivity (Wildman–Crippen MR) is 85.9 cm³/mol. The molecule has 0 aliphatic carbocycles. The first-order valence-electron chi connectivity index (χ1n) is 7.02. The second kappa shape index (κ2) is 7.04. The highest BCUT2D eigenvalue weighted by Crippen LogP contribution is 2.25. The first-order chi connectivity index (χ1) is 9.15. The lowest BCUT2D eigenvalue weighted by Gasteiger charge is -2.16. The molecule has 0 saturated heterocycles. The Morgan fingerprint density at radius 3 is 2.79 bits per heavy atom. The molecule has 2 aromatic rings. The average molecular weight is 276 g/mol. The second-order valence-corrected chi connectivity index (χ2v) is 6.75. The maximum absolute atomic E-state index is 3.49. The summed E-state index contributed by atoms with van der Waals surface area (Å²) < 4.78 is 1.39. The van der Waals surface area contributed by atoms with Crippen molar-refractivity contribution >= 4 is 21.4 Å². The van der Waals surface area contributed by atoms with Crippen molar-refractivity contribution in [3.05, 3.63) is 35.2 Å². The van der Waals surface area contributed by atoms with Gasteiger partial charge in [0.1, 0.15) is 0 Å². The molecule has 2 rings (SSSR count). The molecule has 1 heterocycles. The first kappa shape index (κ1) is 14.5. The fourth-order valence-corrected chi connectivity index (χ4v) is 3.27. The van der Waals surface area contributed by atoms with E-state index in [4.69, 9.17) is 0 Å². The van der Waals surface area contributed by atoms with Crippen LogP contribution in [-0.4, -0.2) is 31.6 Å². The summed E-state index contributed by atoms with van der Waals surface area (Å²) in [5.41, 5.74) is 0. The number of nitrogens with zero attached hydrogens (tertiary/aromatic N) is 1. The minimum atomic E-state index is 0.730. The molecule has 19 heavy (non-hydrogen) atoms. The lowest BCUT2D eigenvalue weighted by atomic mass is 10.2. The SMILES string of the molecule is CC(C)CNCCN(C)Cc1cc2ccccc2s1. The number of thiophene rings is 1. The monoisotopic (exact) mass is 276 g/mol. The number of fused-ring (bicyclic) bond motifs is 1. The Kier molecular flexibility index (Phi) is 5.37. The van der Waals surface area contributed by atoms with E-state index in [1.165, 1.54) is 15.0 Å². The van der Waals surface area contributed by atoms with Gasteiger partial charge in [-0.2, -0.15) is 0 Å². The number of nitrogens with one attached hydrogen (secondary N) is 1. The van der Waals surface area contributed by atoms with Gasteiger partial charge >= 0.3 is 0 Å². The molecule has 3 heteroatoms. The van der Waals surface area contributed by atoms with Crippen LogP contribution in [0.3, 0.4) is 0 Å². The molecule has 1 aromatic carbocycles. The summed E-state index contributed by atoms with van der Waals surface area (Å²) >= 11 is 1.91. The van der Waals surface area contributed by atoms with Gasteiger partial charge in [0, 0.05) is 29.2 Å². The highest BCUT2D eigenvalue weighted by atomic mass is 32.1. The van der Waals surface area contributed by atoms with Gasteiger partial charge in [-0.3, -0.25) is 0 Å². The standard InChI is InChI=1S/C16H24N2S/c1-13(2)11-17-8-9-18(3)12-15-10-14-6-4-5-7-16(14)19-15/h4-7,10,13,17H,8-9,11-12H2,1-3H3. The van der Waals surface area contributed by atoms with E-state index < -0.39 is 0 Å². The number of likely N-dealkylation sites (N-methyl/N-ethyl adjacent to an activating group) is 1. The third-order valence-corrected chi connectivity index (χ3v) is 4.23. The van der Waals surface area contributed by atoms with E-state index in [2.05, 4.69) is 61.4 Å². The third-order valence-electron chi connectivity index (χ3n) is 3.13. The molecule has 0 saturated carbocycles. The van der Waals surface area contributed by atoms with E-state index in [1.807, 2.05) is 11.3 Å². The highest BCUT2D eigenvalue weighted by Gasteiger charge is 2.04. The van der Waals surface area contributed by atoms with Crippen LogP contribution in [0.4, 0.5) is 0 Å². The molecule has 0 aliphatic rings. The Morgan fingerprint density at radius 2 is 2.05 bits per heavy atom. The normalized spacial score (nSPS) is 11.8. The fraction of sp³-hybridized carbons (Fsp3) is 0.500. The maximum Gasteiger partial charge on any atom is 0.0346 e. The van der Waals surface area contributed by atoms with Gasteiger partial charge in [-0.1, -0.05) is 32.0 Å². The zero-order valence-electron chi connectivity index (χ0n) is 12.1. The average Bonchev–Trinajstić information content (AvgIpc) is 2.76. The number of benzene rings is 1. The van der Waals surface area contributed by atoms with Crippen molar-refractivity contribution in [3.8, 4) is 0 Å². The molecule has 0 fully saturated rings. The van der Waals surface area contributed by atoms with Gasteiger partial charge in [-0.25, -0.2) is 0 Å². The maximum atomic E-state index is 3.49. The van der Waals surface area contributed by atoms with Crippen LogP contribution in [0.25, 0.3) is 10.1 Å². The van der Waals surface area contributed by atoms with Crippen molar-refractivity contribution in [2.45, 2.75) is 20.4 Å². The van der Waals surface area contributed by atoms with Crippen LogP contribution in [0, 0.1) is 5.92 Å². The van der Waals surface area contributed by atoms with Gasteiger partial charge in [-0.15, -0.1) is 11.3 Å². The third kappa shape index (κ3) is 4.60. The predicted octanol–water partition coefficient (Wildman–Crippen LogP) is 3.58. The molecule has 0 unspecified atom stereocenters. The molecule has 0 spiro atoms. The van der Waals surface area contributed by atoms with Crippen LogP contribution in [0.15, 0.2) is 30.3 Å². The minimum Gasteiger partial charge on any atom is -0.315 e. The quantitative estimate of drug-likeness (QED) is 0.778. The van der Waals surface area contributed by atoms with E-state index in [1.54, 1.807) is 0 Å². The van der Waals surface area contributed by atoms with Crippen LogP contribution in [0.2, 0.25) is 0 Å². The van der Waals surface area contributed by atoms with Gasteiger partial charge in [0.25, 0.3) is 0 Å². The molecular weight excluding hydrogens is 252 g/mol. The van der Waals surface area contributed by atoms with Gasteiger partial charge in [-0.05, 0) is 37.0 Å². The van der Waals surface area contributed by atoms with Crippen molar-refractivity contribution in [3.63, 3.8) is 0 Å². The summed E-state index contributed by atoms with van der Waals surface area (Å²) in [6.07, 6.45) is 0. The van der Waals surface area contributed by atoms with Crippen molar-refractivity contribution in [2.24, 2.45) is 5.92 Å². The van der Waals surface area contributed by atoms with Crippen LogP contribution >= 0.6 is 11.3 Å². The summed E-state index contributed by atoms with van der Waals surface area (Å²) in [6.45, 7) is 8.81. The lowest BCUT2D eigenvalue weighted by molar-refractivity contribution is 0.324. The molecule has 1 aromatic heterocycles. The Bertz CT molecular complexity index is 471. The number of hydrogen-bond donors (Lipinski definition) is 1. The van der Waals surface area contributed by atoms with E-state index in [0.29, 0.717) is 0 Å². The fourth-order valence-electron chi connectivity index (χ4n) is 2.12. The molecule has 0 amide bonds. The van der Waals surface area contributed by atoms with Crippen LogP contribution in [0.1, 0.15) is 18.7 Å². The summed E-state index contributed by atoms with van der Waals surface area (Å²) in [5.74, 6) is 0.730. The molecule has 2 nitrogen and oxygen atoms in total. The van der Waals surface area contributed by atoms with Crippen molar-refractivity contribution in [2.75, 3.05) is 26.7 Å². The Balaban J connectivity index is 1.80. The van der Waals surface area contributed by atoms with Gasteiger partial charge in [0.2, 0.25) is 0 Å². The Morgan fingerprint density at radius 1 is 1.26 bits per heavy atom. The minimum absolute atomic E-state index is 0.730. The molecule has 0 radical (unpaired) electrons. The smallest absolute Gasteiger partial charge is 0.0346 e. The van der Waals surface area contributed by atoms with Gasteiger partial charge < -0.3 is 10.2 Å². The Hall–Kier alpha value is -0.900. The van der Waals surface area contributed by atoms with Crippen molar-refractivity contribution in [1.29, 1.82) is 0 Å². The zero-order valence-corrected chi connectivity index (χ0v) is 13.0. The van der Waals surface area contributed by atoms with E-state index in [0.717, 1.165) is 32.1 Å². The second-order valence-electron chi connectivity index (χ2n) is 5.59. The zero-order chi connectivity index (χ0) is 13.7. The van der Waals surface area contributed by atoms with Crippen LogP contribution in [0.5, 0.6) is 0 Å². The van der Waals surface area contributed by atoms with Crippen molar-refractivity contribution in [1.82, 2.24) is 10.2 Å². The molecule has 1 N–H and O–H groups in total. The summed E-state index contributed by atoms with van der Waals surface area (Å²) in [7, 11) is 2.20. The van der Waals surface area contributed by atoms with E-state index in [-0.39, 0.29) is 0 Å². The topological polar surface area (TPSA) is 15.3 Å². The van der Waals surface area contributed by atoms with E-state index >= 15 is 0 Å². The summed E-state index contributed by atoms with van der Waals surface area (Å²) in [5, 5.41) is 4.86. The van der Waals surface area contributed by atoms with Gasteiger partial charge in [0.05, 0.1) is 0 Å². The van der Waals surface area contributed by atoms with Crippen LogP contribution in [-0.2, 0) is 6.54 Å². The highest BCUT2D eigenvalue weighted by molar-refractivity contribution is 7.19. The summed E-state index contributed by atoms with van der Waals surface area (Å²) in [6, 6.07) is 10.9. The molecule has 0 bridgehead atoms. The number of hydrogen-bond acceptors (Lipinski definition) is 3. The Labute approximate surface area is 120 Å². The molecule has 0 atom stereocenters. The van der Waals surface area contributed by atoms with E-state index in [9.17, 15) is 0 Å². The van der Waals surface area contributed by atoms with Crippen LogP contribution < -0.4 is 5.32 Å². The lowest BCUT2D eigenvalue weighted by Crippen LogP contribution is -2.30. The number of rotatable bonds is 7. The van der Waals surface area contributed by atoms with Crippen molar-refractivity contribution < 1.29 is 0 Å². The largest absolute Gasteiger partial charge is 0.315 e. The molecule has 0 aliphatic heterocycles. The first-order valence-corrected chi connectivity index (χ1v) is 7.83. The molecular formula is C16H24N2S. The molecule has 104 valence electrons. The summed E-state index contributed by atoms with van der Waals surface area (Å²) in [4.78, 5) is 3.84. The van der Waals surface area contributed by atoms with Gasteiger partial charge in [0.15, 0.2) is 0 Å².